The molecule has 13 rings (SSSR count). The Kier molecular flexibility index (Phi) is 10.4. The quantitative estimate of drug-likeness (QED) is 0.125. The Bertz CT molecular complexity index is 3710. The Balaban J connectivity index is 1.15. The summed E-state index contributed by atoms with van der Waals surface area (Å²) >= 11 is 1.95. The molecule has 9 aromatic rings. The van der Waals surface area contributed by atoms with Gasteiger partial charge in [-0.05, 0) is 181 Å². The monoisotopic (exact) mass is 983 g/mol. The van der Waals surface area contributed by atoms with Crippen molar-refractivity contribution in [2.45, 2.75) is 142 Å². The van der Waals surface area contributed by atoms with Crippen molar-refractivity contribution in [3.8, 4) is 0 Å². The van der Waals surface area contributed by atoms with E-state index in [0.29, 0.717) is 0 Å². The van der Waals surface area contributed by atoms with Crippen LogP contribution in [0.1, 0.15) is 158 Å². The van der Waals surface area contributed by atoms with Crippen LogP contribution in [0.5, 0.6) is 0 Å². The number of thiophene rings is 1. The maximum Gasteiger partial charge on any atom is 0.252 e. The van der Waals surface area contributed by atoms with Crippen LogP contribution in [-0.2, 0) is 27.1 Å². The largest absolute Gasteiger partial charge is 0.311 e. The predicted molar refractivity (Wildman–Crippen MR) is 321 cm³/mol. The highest BCUT2D eigenvalue weighted by Crippen LogP contribution is 2.54. The van der Waals surface area contributed by atoms with E-state index in [4.69, 9.17) is 0 Å². The molecule has 4 heteroatoms. The fourth-order valence-electron chi connectivity index (χ4n) is 14.0. The Morgan fingerprint density at radius 2 is 1.00 bits per heavy atom. The molecule has 370 valence electrons. The molecule has 0 amide bonds. The highest BCUT2D eigenvalue weighted by atomic mass is 32.1. The highest BCUT2D eigenvalue weighted by Gasteiger charge is 2.48. The lowest BCUT2D eigenvalue weighted by Gasteiger charge is -2.48. The molecule has 0 fully saturated rings. The second kappa shape index (κ2) is 16.3. The van der Waals surface area contributed by atoms with Crippen molar-refractivity contribution in [2.75, 3.05) is 9.80 Å². The summed E-state index contributed by atoms with van der Waals surface area (Å²) in [6, 6.07) is 62.0. The van der Waals surface area contributed by atoms with E-state index in [1.54, 1.807) is 0 Å². The van der Waals surface area contributed by atoms with Crippen molar-refractivity contribution in [3.05, 3.63) is 208 Å². The van der Waals surface area contributed by atoms with Gasteiger partial charge in [0.2, 0.25) is 0 Å². The number of fused-ring (bicyclic) bond motifs is 9. The van der Waals surface area contributed by atoms with E-state index in [2.05, 4.69) is 251 Å². The number of aryl methyl sites for hydroxylation is 1. The molecule has 1 aromatic heterocycles. The third-order valence-corrected chi connectivity index (χ3v) is 19.7. The molecule has 3 heterocycles. The summed E-state index contributed by atoms with van der Waals surface area (Å²) in [4.78, 5) is 5.41. The van der Waals surface area contributed by atoms with E-state index >= 15 is 0 Å². The van der Waals surface area contributed by atoms with Gasteiger partial charge in [0, 0.05) is 60.2 Å². The Morgan fingerprint density at radius 1 is 0.459 bits per heavy atom. The van der Waals surface area contributed by atoms with Gasteiger partial charge >= 0.3 is 0 Å². The van der Waals surface area contributed by atoms with E-state index in [-0.39, 0.29) is 39.7 Å². The SMILES string of the molecule is Cc1cc2c3c(c1)N(c1ccc4c(c1)C(C)(C)CCC4(C)C)c1cc4c(cc1B3c1ccc(C(c3ccccc3)c3ccccc3)cc1N2c1cc(C(C)(C)C)c2sc3ccccc3c2c1)C(C)(C)CCC4(C)C. The standard InChI is InChI=1S/C70H71BN2S/c1-43-35-60-64-61(36-43)73(48-38-50-49-25-19-20-26-62(49)74-65(50)55(40-48)66(2,3)4)58-37-46(63(44-21-15-13-16-22-44)45-23-17-14-18-24-45)27-30-56(58)71(64)57-41-53-54(70(11,12)34-33-69(53,9)10)42-59(57)72(60)47-28-29-51-52(39-47)68(7,8)32-31-67(51,5)6/h13-30,35-42,63H,31-34H2,1-12H3. The van der Waals surface area contributed by atoms with E-state index in [0.717, 1.165) is 0 Å². The first-order valence-electron chi connectivity index (χ1n) is 27.5. The van der Waals surface area contributed by atoms with Gasteiger partial charge in [-0.3, -0.25) is 0 Å². The summed E-state index contributed by atoms with van der Waals surface area (Å²) in [6.07, 6.45) is 4.71. The average molecular weight is 983 g/mol. The Morgan fingerprint density at radius 3 is 1.62 bits per heavy atom. The summed E-state index contributed by atoms with van der Waals surface area (Å²) in [5.74, 6) is 0.0508. The second-order valence-corrected chi connectivity index (χ2v) is 27.4. The van der Waals surface area contributed by atoms with Gasteiger partial charge in [-0.15, -0.1) is 11.3 Å². The average Bonchev–Trinajstić information content (AvgIpc) is 3.78. The van der Waals surface area contributed by atoms with Gasteiger partial charge in [-0.25, -0.2) is 0 Å². The molecule has 4 aliphatic rings. The van der Waals surface area contributed by atoms with Gasteiger partial charge in [0.25, 0.3) is 6.71 Å². The van der Waals surface area contributed by atoms with Crippen molar-refractivity contribution in [2.24, 2.45) is 0 Å². The lowest BCUT2D eigenvalue weighted by Crippen LogP contribution is -2.62. The third-order valence-electron chi connectivity index (χ3n) is 18.4. The molecule has 2 aliphatic carbocycles. The fraction of sp³-hybridized carbons (Fsp3) is 0.314. The molecule has 0 saturated heterocycles. The third kappa shape index (κ3) is 7.24. The maximum absolute atomic E-state index is 2.71. The topological polar surface area (TPSA) is 6.48 Å². The van der Waals surface area contributed by atoms with Crippen LogP contribution in [-0.4, -0.2) is 6.71 Å². The number of nitrogens with zero attached hydrogens (tertiary/aromatic N) is 2. The first-order valence-corrected chi connectivity index (χ1v) is 28.3. The van der Waals surface area contributed by atoms with Crippen LogP contribution < -0.4 is 26.2 Å². The minimum atomic E-state index is -0.0971. The molecule has 2 nitrogen and oxygen atoms in total. The highest BCUT2D eigenvalue weighted by molar-refractivity contribution is 7.26. The molecular weight excluding hydrogens is 912 g/mol. The van der Waals surface area contributed by atoms with Crippen molar-refractivity contribution >= 4 is 88.7 Å². The molecule has 0 atom stereocenters. The van der Waals surface area contributed by atoms with Gasteiger partial charge < -0.3 is 9.80 Å². The molecule has 74 heavy (non-hydrogen) atoms. The summed E-state index contributed by atoms with van der Waals surface area (Å²) in [5, 5.41) is 2.67. The zero-order valence-corrected chi connectivity index (χ0v) is 46.6. The molecule has 0 N–H and O–H groups in total. The molecule has 8 aromatic carbocycles. The van der Waals surface area contributed by atoms with Crippen molar-refractivity contribution in [3.63, 3.8) is 0 Å². The van der Waals surface area contributed by atoms with Crippen molar-refractivity contribution in [1.29, 1.82) is 0 Å². The molecule has 0 saturated carbocycles. The van der Waals surface area contributed by atoms with Crippen LogP contribution in [0.3, 0.4) is 0 Å². The van der Waals surface area contributed by atoms with Gasteiger partial charge in [0.15, 0.2) is 0 Å². The van der Waals surface area contributed by atoms with Gasteiger partial charge in [0.1, 0.15) is 0 Å². The summed E-state index contributed by atoms with van der Waals surface area (Å²) in [6.45, 7) is 29.4. The molecule has 0 spiro atoms. The molecule has 2 aliphatic heterocycles. The van der Waals surface area contributed by atoms with Gasteiger partial charge in [-0.2, -0.15) is 0 Å². The van der Waals surface area contributed by atoms with Crippen LogP contribution in [0, 0.1) is 6.92 Å². The molecule has 0 unspecified atom stereocenters. The summed E-state index contributed by atoms with van der Waals surface area (Å²) in [5.41, 5.74) is 24.5. The van der Waals surface area contributed by atoms with Crippen molar-refractivity contribution in [1.82, 2.24) is 0 Å². The molecular formula is C70H71BN2S. The maximum atomic E-state index is 2.71. The van der Waals surface area contributed by atoms with E-state index in [9.17, 15) is 0 Å². The smallest absolute Gasteiger partial charge is 0.252 e. The van der Waals surface area contributed by atoms with Gasteiger partial charge in [-0.1, -0.05) is 179 Å². The van der Waals surface area contributed by atoms with Gasteiger partial charge in [0.05, 0.1) is 0 Å². The lowest BCUT2D eigenvalue weighted by molar-refractivity contribution is 0.332. The van der Waals surface area contributed by atoms with Crippen LogP contribution in [0.25, 0.3) is 20.2 Å². The van der Waals surface area contributed by atoms with E-state index in [1.165, 1.54) is 146 Å². The first kappa shape index (κ1) is 47.4. The Labute approximate surface area is 445 Å². The first-order chi connectivity index (χ1) is 35.2. The van der Waals surface area contributed by atoms with Crippen LogP contribution >= 0.6 is 11.3 Å². The zero-order valence-electron chi connectivity index (χ0n) is 45.8. The Hall–Kier alpha value is -6.36. The van der Waals surface area contributed by atoms with E-state index in [1.807, 2.05) is 11.3 Å². The second-order valence-electron chi connectivity index (χ2n) is 26.3. The minimum Gasteiger partial charge on any atom is -0.311 e. The summed E-state index contributed by atoms with van der Waals surface area (Å²) in [7, 11) is 0. The number of hydrogen-bond donors (Lipinski definition) is 0. The molecule has 0 bridgehead atoms. The lowest BCUT2D eigenvalue weighted by atomic mass is 9.33. The predicted octanol–water partition coefficient (Wildman–Crippen LogP) is 17.6. The number of benzene rings is 8. The number of hydrogen-bond acceptors (Lipinski definition) is 3. The minimum absolute atomic E-state index is 0.00554. The van der Waals surface area contributed by atoms with Crippen LogP contribution in [0.15, 0.2) is 158 Å². The van der Waals surface area contributed by atoms with Crippen molar-refractivity contribution < 1.29 is 0 Å². The molecule has 0 radical (unpaired) electrons. The number of anilines is 6. The zero-order chi connectivity index (χ0) is 51.4. The number of rotatable bonds is 5. The fourth-order valence-corrected chi connectivity index (χ4v) is 15.4. The van der Waals surface area contributed by atoms with Crippen LogP contribution in [0.4, 0.5) is 34.1 Å². The van der Waals surface area contributed by atoms with Crippen LogP contribution in [0.2, 0.25) is 0 Å². The summed E-state index contributed by atoms with van der Waals surface area (Å²) < 4.78 is 2.73. The normalized spacial score (nSPS) is 17.7. The van der Waals surface area contributed by atoms with E-state index < -0.39 is 0 Å².